The number of benzene rings is 1. The average molecular weight is 202 g/mol. The fourth-order valence-electron chi connectivity index (χ4n) is 1.76. The van der Waals surface area contributed by atoms with Gasteiger partial charge in [-0.3, -0.25) is 0 Å². The molecule has 15 heavy (non-hydrogen) atoms. The molecule has 0 aliphatic carbocycles. The Morgan fingerprint density at radius 3 is 3.00 bits per heavy atom. The van der Waals surface area contributed by atoms with E-state index in [4.69, 9.17) is 10.00 Å². The smallest absolute Gasteiger partial charge is 0.137 e. The third-order valence-electron chi connectivity index (χ3n) is 2.55. The first-order valence-electron chi connectivity index (χ1n) is 5.26. The lowest BCUT2D eigenvalue weighted by Gasteiger charge is -2.24. The zero-order valence-electron chi connectivity index (χ0n) is 8.57. The molecule has 0 bridgehead atoms. The Labute approximate surface area is 89.7 Å². The molecular weight excluding hydrogens is 188 g/mol. The summed E-state index contributed by atoms with van der Waals surface area (Å²) < 4.78 is 5.79. The van der Waals surface area contributed by atoms with Gasteiger partial charge in [0.2, 0.25) is 0 Å². The molecule has 0 spiro atoms. The van der Waals surface area contributed by atoms with Crippen LogP contribution in [0.3, 0.4) is 0 Å². The summed E-state index contributed by atoms with van der Waals surface area (Å²) in [6, 6.07) is 9.52. The quantitative estimate of drug-likeness (QED) is 0.793. The highest BCUT2D eigenvalue weighted by molar-refractivity contribution is 5.42. The SMILES string of the molecule is N#Cc1ccccc1O[C@H]1CCCNC1. The Hall–Kier alpha value is -1.53. The topological polar surface area (TPSA) is 45.0 Å². The summed E-state index contributed by atoms with van der Waals surface area (Å²) in [5.41, 5.74) is 0.614. The second kappa shape index (κ2) is 4.81. The number of nitrogens with zero attached hydrogens (tertiary/aromatic N) is 1. The highest BCUT2D eigenvalue weighted by Gasteiger charge is 2.15. The van der Waals surface area contributed by atoms with Crippen LogP contribution in [0.25, 0.3) is 0 Å². The van der Waals surface area contributed by atoms with E-state index in [0.29, 0.717) is 11.3 Å². The van der Waals surface area contributed by atoms with Gasteiger partial charge in [0.15, 0.2) is 0 Å². The van der Waals surface area contributed by atoms with Crippen LogP contribution in [-0.4, -0.2) is 19.2 Å². The van der Waals surface area contributed by atoms with Gasteiger partial charge >= 0.3 is 0 Å². The molecule has 0 saturated carbocycles. The number of piperidine rings is 1. The zero-order valence-corrected chi connectivity index (χ0v) is 8.57. The van der Waals surface area contributed by atoms with E-state index in [9.17, 15) is 0 Å². The summed E-state index contributed by atoms with van der Waals surface area (Å²) in [6.07, 6.45) is 2.40. The van der Waals surface area contributed by atoms with E-state index in [0.717, 1.165) is 25.9 Å². The van der Waals surface area contributed by atoms with Gasteiger partial charge in [-0.05, 0) is 31.5 Å². The number of para-hydroxylation sites is 1. The molecule has 0 aromatic heterocycles. The second-order valence-electron chi connectivity index (χ2n) is 3.69. The van der Waals surface area contributed by atoms with Crippen LogP contribution in [0.5, 0.6) is 5.75 Å². The normalized spacial score (nSPS) is 20.6. The Kier molecular flexibility index (Phi) is 3.21. The minimum absolute atomic E-state index is 0.202. The summed E-state index contributed by atoms with van der Waals surface area (Å²) in [6.45, 7) is 1.94. The fourth-order valence-corrected chi connectivity index (χ4v) is 1.76. The first-order valence-corrected chi connectivity index (χ1v) is 5.26. The minimum Gasteiger partial charge on any atom is -0.488 e. The van der Waals surface area contributed by atoms with Gasteiger partial charge in [-0.1, -0.05) is 12.1 Å². The number of ether oxygens (including phenoxy) is 1. The van der Waals surface area contributed by atoms with Gasteiger partial charge in [0.25, 0.3) is 0 Å². The van der Waals surface area contributed by atoms with E-state index in [-0.39, 0.29) is 6.10 Å². The lowest BCUT2D eigenvalue weighted by atomic mass is 10.1. The van der Waals surface area contributed by atoms with Gasteiger partial charge in [-0.25, -0.2) is 0 Å². The summed E-state index contributed by atoms with van der Waals surface area (Å²) >= 11 is 0. The molecule has 0 unspecified atom stereocenters. The molecule has 1 aromatic carbocycles. The standard InChI is InChI=1S/C12H14N2O/c13-8-10-4-1-2-6-12(10)15-11-5-3-7-14-9-11/h1-2,4,6,11,14H,3,5,7,9H2/t11-/m0/s1. The average Bonchev–Trinajstić information content (AvgIpc) is 2.31. The molecule has 1 atom stereocenters. The number of hydrogen-bond acceptors (Lipinski definition) is 3. The van der Waals surface area contributed by atoms with Crippen LogP contribution >= 0.6 is 0 Å². The van der Waals surface area contributed by atoms with E-state index < -0.39 is 0 Å². The van der Waals surface area contributed by atoms with E-state index in [2.05, 4.69) is 11.4 Å². The molecule has 1 saturated heterocycles. The van der Waals surface area contributed by atoms with Crippen LogP contribution in [-0.2, 0) is 0 Å². The molecule has 1 fully saturated rings. The van der Waals surface area contributed by atoms with Crippen LogP contribution in [0.1, 0.15) is 18.4 Å². The molecule has 78 valence electrons. The van der Waals surface area contributed by atoms with Crippen LogP contribution in [0.15, 0.2) is 24.3 Å². The van der Waals surface area contributed by atoms with Gasteiger partial charge in [0.05, 0.1) is 5.56 Å². The minimum atomic E-state index is 0.202. The monoisotopic (exact) mass is 202 g/mol. The van der Waals surface area contributed by atoms with Gasteiger partial charge in [0, 0.05) is 6.54 Å². The maximum Gasteiger partial charge on any atom is 0.137 e. The zero-order chi connectivity index (χ0) is 10.5. The number of rotatable bonds is 2. The van der Waals surface area contributed by atoms with Crippen LogP contribution < -0.4 is 10.1 Å². The lowest BCUT2D eigenvalue weighted by molar-refractivity contribution is 0.166. The fraction of sp³-hybridized carbons (Fsp3) is 0.417. The van der Waals surface area contributed by atoms with Crippen molar-refractivity contribution >= 4 is 0 Å². The Balaban J connectivity index is 2.06. The lowest BCUT2D eigenvalue weighted by Crippen LogP contribution is -2.37. The van der Waals surface area contributed by atoms with E-state index >= 15 is 0 Å². The van der Waals surface area contributed by atoms with Gasteiger partial charge in [-0.15, -0.1) is 0 Å². The molecule has 2 rings (SSSR count). The maximum atomic E-state index is 8.90. The molecule has 1 N–H and O–H groups in total. The number of nitrogens with one attached hydrogen (secondary N) is 1. The van der Waals surface area contributed by atoms with Crippen molar-refractivity contribution < 1.29 is 4.74 Å². The van der Waals surface area contributed by atoms with Crippen molar-refractivity contribution in [2.75, 3.05) is 13.1 Å². The van der Waals surface area contributed by atoms with Crippen LogP contribution in [0, 0.1) is 11.3 Å². The predicted molar refractivity (Wildman–Crippen MR) is 57.7 cm³/mol. The number of nitriles is 1. The summed E-state index contributed by atoms with van der Waals surface area (Å²) in [7, 11) is 0. The van der Waals surface area contributed by atoms with E-state index in [1.807, 2.05) is 18.2 Å². The Bertz CT molecular complexity index is 364. The second-order valence-corrected chi connectivity index (χ2v) is 3.69. The first-order chi connectivity index (χ1) is 7.40. The van der Waals surface area contributed by atoms with Crippen LogP contribution in [0.4, 0.5) is 0 Å². The Morgan fingerprint density at radius 2 is 2.27 bits per heavy atom. The summed E-state index contributed by atoms with van der Waals surface area (Å²) in [5, 5.41) is 12.2. The maximum absolute atomic E-state index is 8.90. The molecule has 1 aliphatic heterocycles. The van der Waals surface area contributed by atoms with Crippen molar-refractivity contribution in [1.82, 2.24) is 5.32 Å². The van der Waals surface area contributed by atoms with Crippen LogP contribution in [0.2, 0.25) is 0 Å². The van der Waals surface area contributed by atoms with Crippen molar-refractivity contribution in [1.29, 1.82) is 5.26 Å². The molecule has 0 radical (unpaired) electrons. The third-order valence-corrected chi connectivity index (χ3v) is 2.55. The van der Waals surface area contributed by atoms with Gasteiger partial charge < -0.3 is 10.1 Å². The largest absolute Gasteiger partial charge is 0.488 e. The van der Waals surface area contributed by atoms with E-state index in [1.54, 1.807) is 6.07 Å². The Morgan fingerprint density at radius 1 is 1.40 bits per heavy atom. The molecule has 1 heterocycles. The summed E-state index contributed by atoms with van der Waals surface area (Å²) in [5.74, 6) is 0.703. The third kappa shape index (κ3) is 2.48. The van der Waals surface area contributed by atoms with Crippen molar-refractivity contribution in [3.8, 4) is 11.8 Å². The summed E-state index contributed by atoms with van der Waals surface area (Å²) in [4.78, 5) is 0. The number of hydrogen-bond donors (Lipinski definition) is 1. The van der Waals surface area contributed by atoms with Gasteiger partial charge in [0.1, 0.15) is 17.9 Å². The van der Waals surface area contributed by atoms with E-state index in [1.165, 1.54) is 0 Å². The highest BCUT2D eigenvalue weighted by Crippen LogP contribution is 2.20. The van der Waals surface area contributed by atoms with Crippen molar-refractivity contribution in [3.63, 3.8) is 0 Å². The molecule has 3 nitrogen and oxygen atoms in total. The molecule has 3 heteroatoms. The molecule has 0 amide bonds. The predicted octanol–water partition coefficient (Wildman–Crippen LogP) is 1.69. The molecular formula is C12H14N2O. The first kappa shape index (κ1) is 10.0. The van der Waals surface area contributed by atoms with Crippen molar-refractivity contribution in [2.24, 2.45) is 0 Å². The molecule has 1 aliphatic rings. The van der Waals surface area contributed by atoms with Gasteiger partial charge in [-0.2, -0.15) is 5.26 Å². The molecule has 1 aromatic rings. The van der Waals surface area contributed by atoms with Crippen molar-refractivity contribution in [3.05, 3.63) is 29.8 Å². The van der Waals surface area contributed by atoms with Crippen molar-refractivity contribution in [2.45, 2.75) is 18.9 Å². The highest BCUT2D eigenvalue weighted by atomic mass is 16.5.